The lowest BCUT2D eigenvalue weighted by atomic mass is 9.74. The zero-order chi connectivity index (χ0) is 18.9. The molecule has 0 spiro atoms. The van der Waals surface area contributed by atoms with Crippen LogP contribution in [0.2, 0.25) is 0 Å². The van der Waals surface area contributed by atoms with Crippen molar-refractivity contribution in [3.8, 4) is 0 Å². The normalized spacial score (nSPS) is 27.1. The molecule has 6 nitrogen and oxygen atoms in total. The summed E-state index contributed by atoms with van der Waals surface area (Å²) in [4.78, 5) is 14.7. The summed E-state index contributed by atoms with van der Waals surface area (Å²) in [7, 11) is -3.67. The van der Waals surface area contributed by atoms with Crippen molar-refractivity contribution in [2.75, 3.05) is 26.2 Å². The van der Waals surface area contributed by atoms with Gasteiger partial charge in [-0.2, -0.15) is 4.31 Å². The highest BCUT2D eigenvalue weighted by Crippen LogP contribution is 2.33. The minimum Gasteiger partial charge on any atom is -0.340 e. The molecule has 0 radical (unpaired) electrons. The molecule has 27 heavy (non-hydrogen) atoms. The van der Waals surface area contributed by atoms with Crippen molar-refractivity contribution < 1.29 is 17.6 Å². The van der Waals surface area contributed by atoms with Gasteiger partial charge in [0.05, 0.1) is 10.8 Å². The molecule has 2 atom stereocenters. The van der Waals surface area contributed by atoms with Gasteiger partial charge < -0.3 is 10.6 Å². The second-order valence-corrected chi connectivity index (χ2v) is 9.43. The fourth-order valence-corrected chi connectivity index (χ4v) is 5.31. The molecule has 9 heteroatoms. The summed E-state index contributed by atoms with van der Waals surface area (Å²) in [6.07, 6.45) is 3.67. The van der Waals surface area contributed by atoms with Crippen molar-refractivity contribution in [3.63, 3.8) is 0 Å². The summed E-state index contributed by atoms with van der Waals surface area (Å²) in [6, 6.07) is 4.81. The molecule has 2 N–H and O–H groups in total. The molecule has 0 aromatic heterocycles. The van der Waals surface area contributed by atoms with Gasteiger partial charge in [-0.25, -0.2) is 12.8 Å². The van der Waals surface area contributed by atoms with Crippen LogP contribution in [0.25, 0.3) is 0 Å². The number of hydrogen-bond acceptors (Lipinski definition) is 4. The van der Waals surface area contributed by atoms with Crippen molar-refractivity contribution >= 4 is 28.3 Å². The van der Waals surface area contributed by atoms with Gasteiger partial charge in [0, 0.05) is 31.7 Å². The zero-order valence-electron chi connectivity index (χ0n) is 15.4. The highest BCUT2D eigenvalue weighted by molar-refractivity contribution is 7.89. The topological polar surface area (TPSA) is 83.7 Å². The van der Waals surface area contributed by atoms with Gasteiger partial charge in [0.2, 0.25) is 15.9 Å². The predicted molar refractivity (Wildman–Crippen MR) is 104 cm³/mol. The van der Waals surface area contributed by atoms with Gasteiger partial charge in [-0.1, -0.05) is 12.8 Å². The third kappa shape index (κ3) is 4.62. The molecule has 152 valence electrons. The minimum atomic E-state index is -3.67. The molecule has 2 aliphatic rings. The van der Waals surface area contributed by atoms with Crippen LogP contribution < -0.4 is 5.73 Å². The number of piperazine rings is 1. The van der Waals surface area contributed by atoms with E-state index >= 15 is 0 Å². The van der Waals surface area contributed by atoms with Crippen LogP contribution in [0.5, 0.6) is 0 Å². The molecule has 1 saturated carbocycles. The molecular weight excluding hydrogens is 393 g/mol. The van der Waals surface area contributed by atoms with Crippen LogP contribution in [0, 0.1) is 11.7 Å². The third-order valence-electron chi connectivity index (χ3n) is 5.55. The molecule has 2 unspecified atom stereocenters. The molecule has 2 fully saturated rings. The van der Waals surface area contributed by atoms with Crippen molar-refractivity contribution in [2.24, 2.45) is 11.7 Å². The lowest BCUT2D eigenvalue weighted by molar-refractivity contribution is -0.140. The quantitative estimate of drug-likeness (QED) is 0.812. The molecule has 1 amide bonds. The Morgan fingerprint density at radius 1 is 1.15 bits per heavy atom. The number of nitrogens with zero attached hydrogens (tertiary/aromatic N) is 2. The number of nitrogens with two attached hydrogens (primary N) is 1. The average Bonchev–Trinajstić information content (AvgIpc) is 2.61. The SMILES string of the molecule is CC1(N)CCCCC1C(=O)N1CCN(S(=O)(=O)c2ccc(F)cc2)CC1.Cl. The first-order chi connectivity index (χ1) is 12.2. The summed E-state index contributed by atoms with van der Waals surface area (Å²) in [5, 5.41) is 0. The van der Waals surface area contributed by atoms with E-state index in [1.54, 1.807) is 4.90 Å². The standard InChI is InChI=1S/C18H26FN3O3S.ClH/c1-18(20)9-3-2-4-16(18)17(23)21-10-12-22(13-11-21)26(24,25)15-7-5-14(19)6-8-15;/h5-8,16H,2-4,9-13,20H2,1H3;1H. The van der Waals surface area contributed by atoms with Crippen molar-refractivity contribution in [1.82, 2.24) is 9.21 Å². The van der Waals surface area contributed by atoms with Crippen LogP contribution in [0.15, 0.2) is 29.2 Å². The van der Waals surface area contributed by atoms with E-state index < -0.39 is 21.4 Å². The minimum absolute atomic E-state index is 0. The summed E-state index contributed by atoms with van der Waals surface area (Å²) < 4.78 is 39.7. The van der Waals surface area contributed by atoms with E-state index in [-0.39, 0.29) is 42.2 Å². The third-order valence-corrected chi connectivity index (χ3v) is 7.47. The fourth-order valence-electron chi connectivity index (χ4n) is 3.89. The van der Waals surface area contributed by atoms with Crippen LogP contribution >= 0.6 is 12.4 Å². The van der Waals surface area contributed by atoms with Gasteiger partial charge in [-0.05, 0) is 44.0 Å². The molecule has 1 aromatic rings. The monoisotopic (exact) mass is 419 g/mol. The van der Waals surface area contributed by atoms with Crippen molar-refractivity contribution in [2.45, 2.75) is 43.0 Å². The summed E-state index contributed by atoms with van der Waals surface area (Å²) in [5.74, 6) is -0.637. The highest BCUT2D eigenvalue weighted by atomic mass is 35.5. The molecule has 1 aromatic carbocycles. The number of amides is 1. The maximum Gasteiger partial charge on any atom is 0.243 e. The van der Waals surface area contributed by atoms with Gasteiger partial charge in [-0.15, -0.1) is 12.4 Å². The Morgan fingerprint density at radius 3 is 2.30 bits per heavy atom. The van der Waals surface area contributed by atoms with Crippen LogP contribution in [0.3, 0.4) is 0 Å². The number of carbonyl (C=O) groups excluding carboxylic acids is 1. The molecule has 1 saturated heterocycles. The average molecular weight is 420 g/mol. The number of hydrogen-bond donors (Lipinski definition) is 1. The van der Waals surface area contributed by atoms with E-state index in [1.165, 1.54) is 16.4 Å². The summed E-state index contributed by atoms with van der Waals surface area (Å²) >= 11 is 0. The summed E-state index contributed by atoms with van der Waals surface area (Å²) in [6.45, 7) is 3.11. The maximum absolute atomic E-state index is 13.0. The van der Waals surface area contributed by atoms with Gasteiger partial charge >= 0.3 is 0 Å². The van der Waals surface area contributed by atoms with E-state index in [0.717, 1.165) is 37.8 Å². The lowest BCUT2D eigenvalue weighted by Crippen LogP contribution is -2.57. The van der Waals surface area contributed by atoms with Crippen molar-refractivity contribution in [1.29, 1.82) is 0 Å². The molecule has 1 aliphatic carbocycles. The van der Waals surface area contributed by atoms with Crippen LogP contribution in [-0.2, 0) is 14.8 Å². The Hall–Kier alpha value is -1.22. The van der Waals surface area contributed by atoms with Crippen molar-refractivity contribution in [3.05, 3.63) is 30.1 Å². The molecule has 1 heterocycles. The maximum atomic E-state index is 13.0. The molecule has 1 aliphatic heterocycles. The van der Waals surface area contributed by atoms with Gasteiger partial charge in [0.15, 0.2) is 0 Å². The number of benzene rings is 1. The van der Waals surface area contributed by atoms with Gasteiger partial charge in [0.25, 0.3) is 0 Å². The largest absolute Gasteiger partial charge is 0.340 e. The lowest BCUT2D eigenvalue weighted by Gasteiger charge is -2.42. The van der Waals surface area contributed by atoms with E-state index in [4.69, 9.17) is 5.73 Å². The fraction of sp³-hybridized carbons (Fsp3) is 0.611. The van der Waals surface area contributed by atoms with Crippen LogP contribution in [0.4, 0.5) is 4.39 Å². The number of halogens is 2. The van der Waals surface area contributed by atoms with E-state index in [1.807, 2.05) is 6.92 Å². The first-order valence-corrected chi connectivity index (χ1v) is 10.5. The Bertz CT molecular complexity index is 763. The van der Waals surface area contributed by atoms with E-state index in [2.05, 4.69) is 0 Å². The van der Waals surface area contributed by atoms with E-state index in [9.17, 15) is 17.6 Å². The number of rotatable bonds is 3. The molecule has 0 bridgehead atoms. The first kappa shape index (κ1) is 22.1. The second-order valence-electron chi connectivity index (χ2n) is 7.49. The smallest absolute Gasteiger partial charge is 0.243 e. The van der Waals surface area contributed by atoms with E-state index in [0.29, 0.717) is 13.1 Å². The zero-order valence-corrected chi connectivity index (χ0v) is 17.1. The van der Waals surface area contributed by atoms with Crippen LogP contribution in [-0.4, -0.2) is 55.2 Å². The Kier molecular flexibility index (Phi) is 6.89. The van der Waals surface area contributed by atoms with Gasteiger partial charge in [0.1, 0.15) is 5.82 Å². The highest BCUT2D eigenvalue weighted by Gasteiger charge is 2.41. The Balaban J connectivity index is 0.00000261. The Labute approximate surface area is 166 Å². The molecular formula is C18H27ClFN3O3S. The summed E-state index contributed by atoms with van der Waals surface area (Å²) in [5.41, 5.74) is 5.84. The first-order valence-electron chi connectivity index (χ1n) is 9.05. The number of sulfonamides is 1. The number of carbonyl (C=O) groups is 1. The van der Waals surface area contributed by atoms with Gasteiger partial charge in [-0.3, -0.25) is 4.79 Å². The second kappa shape index (κ2) is 8.43. The van der Waals surface area contributed by atoms with Crippen LogP contribution in [0.1, 0.15) is 32.6 Å². The predicted octanol–water partition coefficient (Wildman–Crippen LogP) is 1.99. The Morgan fingerprint density at radius 2 is 1.74 bits per heavy atom. The molecule has 3 rings (SSSR count).